The van der Waals surface area contributed by atoms with Gasteiger partial charge in [-0.05, 0) is 54.7 Å². The molecule has 0 aromatic heterocycles. The van der Waals surface area contributed by atoms with Gasteiger partial charge >= 0.3 is 6.03 Å². The second kappa shape index (κ2) is 6.65. The van der Waals surface area contributed by atoms with E-state index in [4.69, 9.17) is 5.73 Å². The first kappa shape index (κ1) is 16.5. The summed E-state index contributed by atoms with van der Waals surface area (Å²) in [6, 6.07) is 13.2. The zero-order valence-corrected chi connectivity index (χ0v) is 14.1. The number of aryl methyl sites for hydroxylation is 1. The topological polar surface area (TPSA) is 89.3 Å². The minimum Gasteiger partial charge on any atom is -0.352 e. The molecule has 1 atom stereocenters. The zero-order chi connectivity index (χ0) is 17.2. The van der Waals surface area contributed by atoms with Crippen LogP contribution in [-0.4, -0.2) is 21.0 Å². The monoisotopic (exact) mass is 344 g/mol. The van der Waals surface area contributed by atoms with Crippen LogP contribution in [0, 0.1) is 0 Å². The molecule has 0 aliphatic heterocycles. The van der Waals surface area contributed by atoms with E-state index >= 15 is 0 Å². The van der Waals surface area contributed by atoms with E-state index in [1.165, 1.54) is 0 Å². The molecule has 24 heavy (non-hydrogen) atoms. The summed E-state index contributed by atoms with van der Waals surface area (Å²) < 4.78 is 25.5. The predicted octanol–water partition coefficient (Wildman–Crippen LogP) is 2.61. The lowest BCUT2D eigenvalue weighted by Gasteiger charge is -2.26. The number of rotatable bonds is 4. The van der Waals surface area contributed by atoms with Gasteiger partial charge in [0, 0.05) is 12.5 Å². The van der Waals surface area contributed by atoms with Crippen LogP contribution < -0.4 is 11.1 Å². The molecule has 5 nitrogen and oxygen atoms in total. The summed E-state index contributed by atoms with van der Waals surface area (Å²) in [6.45, 7) is 0.479. The number of hydrogen-bond acceptors (Lipinski definition) is 3. The van der Waals surface area contributed by atoms with Gasteiger partial charge in [0.25, 0.3) is 0 Å². The Morgan fingerprint density at radius 1 is 1.12 bits per heavy atom. The highest BCUT2D eigenvalue weighted by Gasteiger charge is 2.24. The Morgan fingerprint density at radius 3 is 2.58 bits per heavy atom. The van der Waals surface area contributed by atoms with Crippen LogP contribution in [0.5, 0.6) is 0 Å². The minimum absolute atomic E-state index is 0.176. The van der Waals surface area contributed by atoms with Crippen LogP contribution in [0.4, 0.5) is 4.79 Å². The van der Waals surface area contributed by atoms with Crippen LogP contribution in [-0.2, 0) is 16.3 Å². The van der Waals surface area contributed by atoms with Crippen LogP contribution >= 0.6 is 0 Å². The van der Waals surface area contributed by atoms with Crippen molar-refractivity contribution < 1.29 is 13.2 Å². The van der Waals surface area contributed by atoms with Gasteiger partial charge in [0.1, 0.15) is 0 Å². The largest absolute Gasteiger partial charge is 0.352 e. The number of carbonyl (C=O) groups is 1. The first-order chi connectivity index (χ1) is 11.5. The molecule has 0 unspecified atom stereocenters. The summed E-state index contributed by atoms with van der Waals surface area (Å²) in [5.74, 6) is 0.176. The molecule has 0 fully saturated rings. The van der Waals surface area contributed by atoms with Crippen molar-refractivity contribution in [3.05, 3.63) is 59.7 Å². The summed E-state index contributed by atoms with van der Waals surface area (Å²) in [6.07, 6.45) is 2.77. The average molecular weight is 344 g/mol. The van der Waals surface area contributed by atoms with Gasteiger partial charge in [-0.25, -0.2) is 13.2 Å². The van der Waals surface area contributed by atoms with Crippen LogP contribution in [0.25, 0.3) is 0 Å². The number of benzene rings is 2. The number of sulfone groups is 1. The van der Waals surface area contributed by atoms with Gasteiger partial charge in [0.05, 0.1) is 9.79 Å². The fourth-order valence-electron chi connectivity index (χ4n) is 3.23. The summed E-state index contributed by atoms with van der Waals surface area (Å²) >= 11 is 0. The summed E-state index contributed by atoms with van der Waals surface area (Å²) in [4.78, 5) is 11.5. The molecule has 3 N–H and O–H groups in total. The number of fused-ring (bicyclic) bond motifs is 1. The molecule has 1 aliphatic rings. The number of amides is 2. The second-order valence-corrected chi connectivity index (χ2v) is 7.96. The van der Waals surface area contributed by atoms with Gasteiger partial charge in [-0.15, -0.1) is 0 Å². The first-order valence-electron chi connectivity index (χ1n) is 7.95. The van der Waals surface area contributed by atoms with E-state index in [9.17, 15) is 13.2 Å². The molecule has 0 saturated heterocycles. The SMILES string of the molecule is NC(=O)NC[C@@H]1CCCc2cc(S(=O)(=O)c3ccccc3)ccc21. The maximum absolute atomic E-state index is 12.7. The number of primary amides is 1. The molecule has 2 aromatic carbocycles. The molecular formula is C18H20N2O3S. The van der Waals surface area contributed by atoms with E-state index in [0.717, 1.165) is 30.4 Å². The quantitative estimate of drug-likeness (QED) is 0.893. The average Bonchev–Trinajstić information content (AvgIpc) is 2.60. The number of nitrogens with one attached hydrogen (secondary N) is 1. The zero-order valence-electron chi connectivity index (χ0n) is 13.2. The summed E-state index contributed by atoms with van der Waals surface area (Å²) in [7, 11) is -3.51. The van der Waals surface area contributed by atoms with E-state index in [-0.39, 0.29) is 5.92 Å². The summed E-state index contributed by atoms with van der Waals surface area (Å²) in [5, 5.41) is 2.65. The van der Waals surface area contributed by atoms with Gasteiger partial charge < -0.3 is 11.1 Å². The lowest BCUT2D eigenvalue weighted by molar-refractivity contribution is 0.248. The Kier molecular flexibility index (Phi) is 4.57. The van der Waals surface area contributed by atoms with Crippen molar-refractivity contribution in [3.8, 4) is 0 Å². The Labute approximate surface area is 141 Å². The van der Waals surface area contributed by atoms with Gasteiger partial charge in [0.15, 0.2) is 0 Å². The minimum atomic E-state index is -3.51. The third-order valence-electron chi connectivity index (χ3n) is 4.44. The highest BCUT2D eigenvalue weighted by Crippen LogP contribution is 2.33. The Morgan fingerprint density at radius 2 is 1.88 bits per heavy atom. The maximum atomic E-state index is 12.7. The molecule has 1 aliphatic carbocycles. The Balaban J connectivity index is 1.93. The van der Waals surface area contributed by atoms with Crippen LogP contribution in [0.1, 0.15) is 29.9 Å². The predicted molar refractivity (Wildman–Crippen MR) is 91.6 cm³/mol. The highest BCUT2D eigenvalue weighted by molar-refractivity contribution is 7.91. The molecule has 0 bridgehead atoms. The second-order valence-electron chi connectivity index (χ2n) is 6.01. The standard InChI is InChI=1S/C18H20N2O3S/c19-18(21)20-12-14-6-4-5-13-11-16(9-10-17(13)14)24(22,23)15-7-2-1-3-8-15/h1-3,7-11,14H,4-6,12H2,(H3,19,20,21)/t14-/m0/s1. The van der Waals surface area contributed by atoms with E-state index in [2.05, 4.69) is 5.32 Å². The lowest BCUT2D eigenvalue weighted by atomic mass is 9.83. The lowest BCUT2D eigenvalue weighted by Crippen LogP contribution is -2.33. The molecule has 6 heteroatoms. The van der Waals surface area contributed by atoms with Crippen molar-refractivity contribution in [1.82, 2.24) is 5.32 Å². The van der Waals surface area contributed by atoms with E-state index in [1.54, 1.807) is 42.5 Å². The smallest absolute Gasteiger partial charge is 0.312 e. The number of hydrogen-bond donors (Lipinski definition) is 2. The molecular weight excluding hydrogens is 324 g/mol. The van der Waals surface area contributed by atoms with Crippen molar-refractivity contribution in [1.29, 1.82) is 0 Å². The highest BCUT2D eigenvalue weighted by atomic mass is 32.2. The Bertz CT molecular complexity index is 848. The first-order valence-corrected chi connectivity index (χ1v) is 9.43. The number of carbonyl (C=O) groups excluding carboxylic acids is 1. The van der Waals surface area contributed by atoms with Crippen molar-refractivity contribution >= 4 is 15.9 Å². The fraction of sp³-hybridized carbons (Fsp3) is 0.278. The van der Waals surface area contributed by atoms with Crippen LogP contribution in [0.15, 0.2) is 58.3 Å². The van der Waals surface area contributed by atoms with E-state index in [1.807, 2.05) is 6.07 Å². The Hall–Kier alpha value is -2.34. The molecule has 2 aromatic rings. The fourth-order valence-corrected chi connectivity index (χ4v) is 4.56. The van der Waals surface area contributed by atoms with Gasteiger partial charge in [-0.3, -0.25) is 0 Å². The van der Waals surface area contributed by atoms with Crippen molar-refractivity contribution in [3.63, 3.8) is 0 Å². The van der Waals surface area contributed by atoms with Crippen LogP contribution in [0.2, 0.25) is 0 Å². The van der Waals surface area contributed by atoms with Gasteiger partial charge in [0.2, 0.25) is 9.84 Å². The van der Waals surface area contributed by atoms with E-state index in [0.29, 0.717) is 16.3 Å². The third kappa shape index (κ3) is 3.28. The van der Waals surface area contributed by atoms with Crippen molar-refractivity contribution in [2.45, 2.75) is 35.0 Å². The van der Waals surface area contributed by atoms with Crippen molar-refractivity contribution in [2.75, 3.05) is 6.54 Å². The van der Waals surface area contributed by atoms with Gasteiger partial charge in [-0.2, -0.15) is 0 Å². The molecule has 3 rings (SSSR count). The normalized spacial score (nSPS) is 17.1. The third-order valence-corrected chi connectivity index (χ3v) is 6.21. The number of urea groups is 1. The molecule has 0 spiro atoms. The van der Waals surface area contributed by atoms with Crippen molar-refractivity contribution in [2.24, 2.45) is 5.73 Å². The molecule has 0 heterocycles. The van der Waals surface area contributed by atoms with Gasteiger partial charge in [-0.1, -0.05) is 24.3 Å². The number of nitrogens with two attached hydrogens (primary N) is 1. The van der Waals surface area contributed by atoms with E-state index < -0.39 is 15.9 Å². The van der Waals surface area contributed by atoms with Crippen LogP contribution in [0.3, 0.4) is 0 Å². The molecule has 0 radical (unpaired) electrons. The maximum Gasteiger partial charge on any atom is 0.312 e. The molecule has 0 saturated carbocycles. The summed E-state index contributed by atoms with van der Waals surface area (Å²) in [5.41, 5.74) is 7.28. The molecule has 126 valence electrons. The molecule has 2 amide bonds.